The number of Topliss-reactive ketones (excluding diaryl/α,β-unsaturated/α-hetero) is 1. The Bertz CT molecular complexity index is 560. The average molecular weight is 278 g/mol. The molecule has 0 amide bonds. The molecule has 0 aliphatic carbocycles. The van der Waals surface area contributed by atoms with E-state index in [1.165, 1.54) is 24.3 Å². The minimum Gasteiger partial charge on any atom is -0.491 e. The van der Waals surface area contributed by atoms with Crippen LogP contribution in [0.4, 0.5) is 4.39 Å². The van der Waals surface area contributed by atoms with Crippen LogP contribution in [0.15, 0.2) is 29.8 Å². The fraction of sp³-hybridized carbons (Fsp3) is 0.333. The lowest BCUT2D eigenvalue weighted by molar-refractivity contribution is -0.141. The van der Waals surface area contributed by atoms with E-state index in [9.17, 15) is 14.0 Å². The summed E-state index contributed by atoms with van der Waals surface area (Å²) in [6.45, 7) is 3.70. The van der Waals surface area contributed by atoms with Crippen LogP contribution in [0.2, 0.25) is 0 Å². The van der Waals surface area contributed by atoms with E-state index in [1.807, 2.05) is 0 Å². The summed E-state index contributed by atoms with van der Waals surface area (Å²) < 4.78 is 23.4. The number of esters is 1. The first-order chi connectivity index (χ1) is 9.54. The van der Waals surface area contributed by atoms with Crippen molar-refractivity contribution in [1.29, 1.82) is 0 Å². The van der Waals surface area contributed by atoms with Crippen LogP contribution in [0.25, 0.3) is 5.76 Å². The zero-order valence-corrected chi connectivity index (χ0v) is 11.3. The second-order valence-electron chi connectivity index (χ2n) is 4.51. The maximum Gasteiger partial charge on any atom is 0.345 e. The molecule has 0 saturated carbocycles. The van der Waals surface area contributed by atoms with Gasteiger partial charge in [0.25, 0.3) is 0 Å². The fourth-order valence-corrected chi connectivity index (χ4v) is 1.94. The van der Waals surface area contributed by atoms with Gasteiger partial charge in [-0.05, 0) is 31.2 Å². The number of halogens is 1. The fourth-order valence-electron chi connectivity index (χ4n) is 1.94. The molecule has 1 atom stereocenters. The van der Waals surface area contributed by atoms with Crippen molar-refractivity contribution in [2.75, 3.05) is 13.2 Å². The third-order valence-corrected chi connectivity index (χ3v) is 2.98. The summed E-state index contributed by atoms with van der Waals surface area (Å²) in [5, 5.41) is 0. The molecular formula is C15H15FO4. The standard InChI is InChI=1S/C15H15FO4/c1-3-19-15(18)12-13(17)9(2)8-20-14(12)10-4-6-11(16)7-5-10/h4-7,9H,3,8H2,1-2H3. The first kappa shape index (κ1) is 14.2. The number of carbonyl (C=O) groups excluding carboxylic acids is 2. The van der Waals surface area contributed by atoms with Gasteiger partial charge in [-0.1, -0.05) is 6.92 Å². The average Bonchev–Trinajstić information content (AvgIpc) is 2.43. The molecule has 0 bridgehead atoms. The van der Waals surface area contributed by atoms with Crippen LogP contribution in [0.1, 0.15) is 19.4 Å². The molecule has 1 aromatic rings. The van der Waals surface area contributed by atoms with E-state index in [2.05, 4.69) is 0 Å². The lowest BCUT2D eigenvalue weighted by atomic mass is 9.94. The van der Waals surface area contributed by atoms with Gasteiger partial charge in [-0.2, -0.15) is 0 Å². The Balaban J connectivity index is 2.50. The Morgan fingerprint density at radius 1 is 1.40 bits per heavy atom. The van der Waals surface area contributed by atoms with Gasteiger partial charge >= 0.3 is 5.97 Å². The zero-order valence-electron chi connectivity index (χ0n) is 11.3. The number of hydrogen-bond acceptors (Lipinski definition) is 4. The van der Waals surface area contributed by atoms with E-state index in [0.29, 0.717) is 5.56 Å². The summed E-state index contributed by atoms with van der Waals surface area (Å²) in [4.78, 5) is 24.1. The summed E-state index contributed by atoms with van der Waals surface area (Å²) in [5.74, 6) is -1.66. The number of rotatable bonds is 3. The zero-order chi connectivity index (χ0) is 14.7. The van der Waals surface area contributed by atoms with Crippen molar-refractivity contribution in [3.8, 4) is 0 Å². The quantitative estimate of drug-likeness (QED) is 0.629. The Labute approximate surface area is 116 Å². The molecule has 2 rings (SSSR count). The van der Waals surface area contributed by atoms with E-state index >= 15 is 0 Å². The first-order valence-corrected chi connectivity index (χ1v) is 6.39. The van der Waals surface area contributed by atoms with E-state index in [4.69, 9.17) is 9.47 Å². The maximum atomic E-state index is 13.0. The maximum absolute atomic E-state index is 13.0. The predicted octanol–water partition coefficient (Wildman–Crippen LogP) is 2.34. The van der Waals surface area contributed by atoms with Crippen molar-refractivity contribution in [1.82, 2.24) is 0 Å². The molecule has 4 nitrogen and oxygen atoms in total. The highest BCUT2D eigenvalue weighted by Crippen LogP contribution is 2.29. The second-order valence-corrected chi connectivity index (χ2v) is 4.51. The van der Waals surface area contributed by atoms with Crippen molar-refractivity contribution >= 4 is 17.5 Å². The number of ether oxygens (including phenoxy) is 2. The van der Waals surface area contributed by atoms with Crippen LogP contribution < -0.4 is 0 Å². The molecule has 5 heteroatoms. The molecule has 1 aromatic carbocycles. The van der Waals surface area contributed by atoms with Crippen molar-refractivity contribution in [3.05, 3.63) is 41.2 Å². The second kappa shape index (κ2) is 5.86. The number of hydrogen-bond donors (Lipinski definition) is 0. The Morgan fingerprint density at radius 3 is 2.65 bits per heavy atom. The molecule has 0 radical (unpaired) electrons. The topological polar surface area (TPSA) is 52.6 Å². The Morgan fingerprint density at radius 2 is 2.05 bits per heavy atom. The van der Waals surface area contributed by atoms with Gasteiger partial charge in [-0.25, -0.2) is 9.18 Å². The lowest BCUT2D eigenvalue weighted by Gasteiger charge is -2.23. The SMILES string of the molecule is CCOC(=O)C1=C(c2ccc(F)cc2)OCC(C)C1=O. The smallest absolute Gasteiger partial charge is 0.345 e. The molecule has 0 aromatic heterocycles. The molecule has 1 unspecified atom stereocenters. The Kier molecular flexibility index (Phi) is 4.17. The van der Waals surface area contributed by atoms with Crippen LogP contribution in [-0.2, 0) is 19.1 Å². The third-order valence-electron chi connectivity index (χ3n) is 2.98. The minimum atomic E-state index is -0.705. The summed E-state index contributed by atoms with van der Waals surface area (Å²) in [6.07, 6.45) is 0. The molecule has 0 fully saturated rings. The van der Waals surface area contributed by atoms with Gasteiger partial charge in [0.05, 0.1) is 19.1 Å². The van der Waals surface area contributed by atoms with Crippen molar-refractivity contribution < 1.29 is 23.5 Å². The van der Waals surface area contributed by atoms with E-state index in [-0.39, 0.29) is 30.3 Å². The normalized spacial score (nSPS) is 18.8. The van der Waals surface area contributed by atoms with Gasteiger partial charge in [0.15, 0.2) is 5.78 Å². The van der Waals surface area contributed by atoms with Gasteiger partial charge in [-0.3, -0.25) is 4.79 Å². The summed E-state index contributed by atoms with van der Waals surface area (Å²) in [7, 11) is 0. The molecule has 0 N–H and O–H groups in total. The lowest BCUT2D eigenvalue weighted by Crippen LogP contribution is -2.30. The van der Waals surface area contributed by atoms with Crippen LogP contribution >= 0.6 is 0 Å². The third kappa shape index (κ3) is 2.71. The minimum absolute atomic E-state index is 0.0998. The van der Waals surface area contributed by atoms with Crippen LogP contribution in [0, 0.1) is 11.7 Å². The van der Waals surface area contributed by atoms with Crippen LogP contribution in [0.5, 0.6) is 0 Å². The van der Waals surface area contributed by atoms with Gasteiger partial charge in [0, 0.05) is 5.56 Å². The molecule has 1 heterocycles. The van der Waals surface area contributed by atoms with Gasteiger partial charge < -0.3 is 9.47 Å². The van der Waals surface area contributed by atoms with Crippen molar-refractivity contribution in [3.63, 3.8) is 0 Å². The highest BCUT2D eigenvalue weighted by Gasteiger charge is 2.34. The number of ketones is 1. The number of benzene rings is 1. The van der Waals surface area contributed by atoms with Crippen LogP contribution in [-0.4, -0.2) is 25.0 Å². The summed E-state index contributed by atoms with van der Waals surface area (Å²) in [6, 6.07) is 5.42. The highest BCUT2D eigenvalue weighted by atomic mass is 19.1. The number of carbonyl (C=O) groups is 2. The molecule has 1 aliphatic rings. The van der Waals surface area contributed by atoms with E-state index < -0.39 is 17.7 Å². The van der Waals surface area contributed by atoms with Crippen LogP contribution in [0.3, 0.4) is 0 Å². The summed E-state index contributed by atoms with van der Waals surface area (Å²) in [5.41, 5.74) is 0.381. The van der Waals surface area contributed by atoms with Gasteiger partial charge in [-0.15, -0.1) is 0 Å². The van der Waals surface area contributed by atoms with E-state index in [0.717, 1.165) is 0 Å². The largest absolute Gasteiger partial charge is 0.491 e. The van der Waals surface area contributed by atoms with Gasteiger partial charge in [0.2, 0.25) is 0 Å². The van der Waals surface area contributed by atoms with E-state index in [1.54, 1.807) is 13.8 Å². The molecule has 1 aliphatic heterocycles. The monoisotopic (exact) mass is 278 g/mol. The first-order valence-electron chi connectivity index (χ1n) is 6.39. The van der Waals surface area contributed by atoms with Gasteiger partial charge in [0.1, 0.15) is 17.1 Å². The molecule has 106 valence electrons. The summed E-state index contributed by atoms with van der Waals surface area (Å²) >= 11 is 0. The van der Waals surface area contributed by atoms with Crippen molar-refractivity contribution in [2.24, 2.45) is 5.92 Å². The predicted molar refractivity (Wildman–Crippen MR) is 70.1 cm³/mol. The highest BCUT2D eigenvalue weighted by molar-refractivity contribution is 6.23. The molecule has 0 spiro atoms. The molecular weight excluding hydrogens is 263 g/mol. The Hall–Kier alpha value is -2.17. The van der Waals surface area contributed by atoms with Crippen molar-refractivity contribution in [2.45, 2.75) is 13.8 Å². The molecule has 20 heavy (non-hydrogen) atoms. The molecule has 0 saturated heterocycles.